The molecule has 3 aromatic rings. The fraction of sp³-hybridized carbons (Fsp3) is 0.286. The highest BCUT2D eigenvalue weighted by molar-refractivity contribution is 7.92. The van der Waals surface area contributed by atoms with Crippen LogP contribution in [-0.2, 0) is 27.8 Å². The molecule has 0 amide bonds. The molecule has 1 aliphatic heterocycles. The third kappa shape index (κ3) is 5.79. The molecule has 0 radical (unpaired) electrons. The smallest absolute Gasteiger partial charge is 0.266 e. The first-order valence-corrected chi connectivity index (χ1v) is 12.8. The van der Waals surface area contributed by atoms with Crippen molar-refractivity contribution in [1.82, 2.24) is 9.88 Å². The van der Waals surface area contributed by atoms with Crippen LogP contribution in [0.3, 0.4) is 0 Å². The van der Waals surface area contributed by atoms with Crippen LogP contribution >= 0.6 is 22.9 Å². The van der Waals surface area contributed by atoms with Gasteiger partial charge in [0.1, 0.15) is 16.5 Å². The van der Waals surface area contributed by atoms with E-state index in [0.717, 1.165) is 30.8 Å². The van der Waals surface area contributed by atoms with Crippen LogP contribution in [-0.4, -0.2) is 44.6 Å². The molecule has 176 valence electrons. The Labute approximate surface area is 199 Å². The molecule has 33 heavy (non-hydrogen) atoms. The molecule has 1 fully saturated rings. The van der Waals surface area contributed by atoms with Crippen LogP contribution < -0.4 is 10.0 Å². The summed E-state index contributed by atoms with van der Waals surface area (Å²) >= 11 is 7.44. The zero-order chi connectivity index (χ0) is 23.4. The van der Waals surface area contributed by atoms with Gasteiger partial charge in [0.25, 0.3) is 10.0 Å². The Hall–Kier alpha value is -2.31. The predicted molar refractivity (Wildman–Crippen MR) is 124 cm³/mol. The minimum Gasteiger partial charge on any atom is -0.380 e. The summed E-state index contributed by atoms with van der Waals surface area (Å²) in [4.78, 5) is 5.40. The first-order chi connectivity index (χ1) is 15.8. The van der Waals surface area contributed by atoms with Gasteiger partial charge in [-0.05, 0) is 23.8 Å². The quantitative estimate of drug-likeness (QED) is 0.466. The Bertz CT molecular complexity index is 1220. The van der Waals surface area contributed by atoms with Gasteiger partial charge in [0.15, 0.2) is 5.82 Å². The molecule has 1 aromatic heterocycles. The van der Waals surface area contributed by atoms with Crippen molar-refractivity contribution in [2.24, 2.45) is 0 Å². The maximum Gasteiger partial charge on any atom is 0.266 e. The molecular formula is C21H21ClF2N4O3S2. The molecule has 0 spiro atoms. The van der Waals surface area contributed by atoms with Gasteiger partial charge >= 0.3 is 0 Å². The number of morpholine rings is 1. The second-order valence-electron chi connectivity index (χ2n) is 7.36. The van der Waals surface area contributed by atoms with Crippen molar-refractivity contribution in [2.75, 3.05) is 36.3 Å². The van der Waals surface area contributed by atoms with Crippen molar-refractivity contribution in [1.29, 1.82) is 0 Å². The van der Waals surface area contributed by atoms with E-state index >= 15 is 0 Å². The fourth-order valence-electron chi connectivity index (χ4n) is 3.46. The van der Waals surface area contributed by atoms with E-state index in [9.17, 15) is 17.2 Å². The molecule has 2 N–H and O–H groups in total. The molecule has 1 aliphatic rings. The Kier molecular flexibility index (Phi) is 7.45. The summed E-state index contributed by atoms with van der Waals surface area (Å²) in [5, 5.41) is 4.40. The van der Waals surface area contributed by atoms with E-state index in [1.54, 1.807) is 6.07 Å². The predicted octanol–water partition coefficient (Wildman–Crippen LogP) is 4.32. The third-order valence-corrected chi connectivity index (χ3v) is 7.42. The largest absolute Gasteiger partial charge is 0.380 e. The molecule has 2 heterocycles. The highest BCUT2D eigenvalue weighted by Gasteiger charge is 2.23. The fourth-order valence-corrected chi connectivity index (χ4v) is 5.40. The second kappa shape index (κ2) is 10.3. The summed E-state index contributed by atoms with van der Waals surface area (Å²) in [5.74, 6) is -1.30. The lowest BCUT2D eigenvalue weighted by Gasteiger charge is -2.27. The number of hydrogen-bond donors (Lipinski definition) is 2. The van der Waals surface area contributed by atoms with Gasteiger partial charge in [0.2, 0.25) is 0 Å². The zero-order valence-corrected chi connectivity index (χ0v) is 19.7. The molecule has 4 rings (SSSR count). The normalized spacial score (nSPS) is 14.9. The minimum absolute atomic E-state index is 0.0129. The van der Waals surface area contributed by atoms with E-state index in [0.29, 0.717) is 25.3 Å². The number of ether oxygens (including phenoxy) is 1. The average molecular weight is 515 g/mol. The van der Waals surface area contributed by atoms with Crippen LogP contribution in [0, 0.1) is 11.6 Å². The molecule has 7 nitrogen and oxygen atoms in total. The second-order valence-corrected chi connectivity index (χ2v) is 10.1. The minimum atomic E-state index is -4.22. The van der Waals surface area contributed by atoms with Gasteiger partial charge in [0.05, 0.1) is 29.4 Å². The number of nitrogens with one attached hydrogen (secondary N) is 2. The van der Waals surface area contributed by atoms with Gasteiger partial charge in [-0.25, -0.2) is 22.2 Å². The molecular weight excluding hydrogens is 494 g/mol. The van der Waals surface area contributed by atoms with Gasteiger partial charge in [-0.15, -0.1) is 11.3 Å². The van der Waals surface area contributed by atoms with E-state index in [4.69, 9.17) is 16.3 Å². The summed E-state index contributed by atoms with van der Waals surface area (Å²) in [6.07, 6.45) is 0. The number of halogens is 3. The maximum atomic E-state index is 14.7. The van der Waals surface area contributed by atoms with Crippen molar-refractivity contribution in [2.45, 2.75) is 18.0 Å². The highest BCUT2D eigenvalue weighted by Crippen LogP contribution is 2.30. The van der Waals surface area contributed by atoms with E-state index in [2.05, 4.69) is 19.9 Å². The first kappa shape index (κ1) is 23.8. The summed E-state index contributed by atoms with van der Waals surface area (Å²) in [6.45, 7) is 3.37. The third-order valence-electron chi connectivity index (χ3n) is 5.15. The number of thiazole rings is 1. The number of aromatic nitrogens is 1. The van der Waals surface area contributed by atoms with Crippen molar-refractivity contribution in [3.8, 4) is 0 Å². The van der Waals surface area contributed by atoms with Gasteiger partial charge < -0.3 is 10.1 Å². The van der Waals surface area contributed by atoms with Crippen LogP contribution in [0.25, 0.3) is 0 Å². The van der Waals surface area contributed by atoms with Gasteiger partial charge in [-0.2, -0.15) is 0 Å². The molecule has 12 heteroatoms. The Morgan fingerprint density at radius 2 is 1.97 bits per heavy atom. The standard InChI is InChI=1S/C21H21ClF2N4O3S2/c22-16-8-20(33(29,30)27-21-12-32-13-26-21)18(24)9-19(16)25-10-15-14(2-1-3-17(15)23)11-28-4-6-31-7-5-28/h1-3,8-9,12-13,25,27H,4-7,10-11H2. The van der Waals surface area contributed by atoms with Crippen LogP contribution in [0.5, 0.6) is 0 Å². The SMILES string of the molecule is O=S(=O)(Nc1cscn1)c1cc(Cl)c(NCc2c(F)cccc2CN2CCOCC2)cc1F. The van der Waals surface area contributed by atoms with E-state index < -0.39 is 26.6 Å². The Balaban J connectivity index is 1.52. The van der Waals surface area contributed by atoms with Crippen molar-refractivity contribution in [3.05, 3.63) is 69.0 Å². The number of sulfonamides is 1. The lowest BCUT2D eigenvalue weighted by Crippen LogP contribution is -2.36. The lowest BCUT2D eigenvalue weighted by molar-refractivity contribution is 0.0340. The molecule has 0 saturated carbocycles. The molecule has 0 unspecified atom stereocenters. The molecule has 1 saturated heterocycles. The number of rotatable bonds is 8. The van der Waals surface area contributed by atoms with Gasteiger partial charge in [0, 0.05) is 37.1 Å². The number of benzene rings is 2. The average Bonchev–Trinajstić information content (AvgIpc) is 3.28. The Morgan fingerprint density at radius 1 is 1.18 bits per heavy atom. The topological polar surface area (TPSA) is 83.6 Å². The number of nitrogens with zero attached hydrogens (tertiary/aromatic N) is 2. The highest BCUT2D eigenvalue weighted by atomic mass is 35.5. The summed E-state index contributed by atoms with van der Waals surface area (Å²) in [5.41, 5.74) is 2.84. The van der Waals surface area contributed by atoms with Crippen LogP contribution in [0.2, 0.25) is 5.02 Å². The van der Waals surface area contributed by atoms with E-state index in [-0.39, 0.29) is 23.1 Å². The van der Waals surface area contributed by atoms with Crippen molar-refractivity contribution in [3.63, 3.8) is 0 Å². The summed E-state index contributed by atoms with van der Waals surface area (Å²) in [7, 11) is -4.22. The van der Waals surface area contributed by atoms with Crippen LogP contribution in [0.1, 0.15) is 11.1 Å². The van der Waals surface area contributed by atoms with E-state index in [1.165, 1.54) is 28.3 Å². The molecule has 0 aliphatic carbocycles. The Morgan fingerprint density at radius 3 is 2.70 bits per heavy atom. The monoisotopic (exact) mass is 514 g/mol. The van der Waals surface area contributed by atoms with E-state index in [1.807, 2.05) is 6.07 Å². The van der Waals surface area contributed by atoms with Crippen molar-refractivity contribution < 1.29 is 21.9 Å². The van der Waals surface area contributed by atoms with Crippen LogP contribution in [0.4, 0.5) is 20.3 Å². The summed E-state index contributed by atoms with van der Waals surface area (Å²) < 4.78 is 61.9. The van der Waals surface area contributed by atoms with Crippen molar-refractivity contribution >= 4 is 44.5 Å². The van der Waals surface area contributed by atoms with Gasteiger partial charge in [-0.1, -0.05) is 23.7 Å². The maximum absolute atomic E-state index is 14.7. The number of hydrogen-bond acceptors (Lipinski definition) is 7. The summed E-state index contributed by atoms with van der Waals surface area (Å²) in [6, 6.07) is 6.86. The van der Waals surface area contributed by atoms with Crippen LogP contribution in [0.15, 0.2) is 46.1 Å². The first-order valence-electron chi connectivity index (χ1n) is 10.0. The molecule has 2 aromatic carbocycles. The van der Waals surface area contributed by atoms with Gasteiger partial charge in [-0.3, -0.25) is 9.62 Å². The number of anilines is 2. The lowest BCUT2D eigenvalue weighted by atomic mass is 10.1. The zero-order valence-electron chi connectivity index (χ0n) is 17.4. The molecule has 0 atom stereocenters. The molecule has 0 bridgehead atoms.